The van der Waals surface area contributed by atoms with Gasteiger partial charge in [0.05, 0.1) is 0 Å². The summed E-state index contributed by atoms with van der Waals surface area (Å²) >= 11 is 5.78. The highest BCUT2D eigenvalue weighted by molar-refractivity contribution is 6.20. The molecule has 0 saturated heterocycles. The first-order valence-electron chi connectivity index (χ1n) is 2.86. The van der Waals surface area contributed by atoms with Gasteiger partial charge in [-0.3, -0.25) is 0 Å². The Morgan fingerprint density at radius 2 is 1.62 bits per heavy atom. The van der Waals surface area contributed by atoms with E-state index in [0.717, 1.165) is 0 Å². The van der Waals surface area contributed by atoms with E-state index >= 15 is 0 Å². The molecule has 0 amide bonds. The van der Waals surface area contributed by atoms with Gasteiger partial charge in [-0.15, -0.1) is 11.6 Å². The van der Waals surface area contributed by atoms with Crippen molar-refractivity contribution in [3.8, 4) is 0 Å². The van der Waals surface area contributed by atoms with E-state index in [1.165, 1.54) is 0 Å². The van der Waals surface area contributed by atoms with Crippen LogP contribution in [0.25, 0.3) is 0 Å². The topological polar surface area (TPSA) is 3.24 Å². The summed E-state index contributed by atoms with van der Waals surface area (Å²) in [7, 11) is 4.06. The molecule has 0 spiro atoms. The molecule has 0 aliphatic carbocycles. The molecule has 0 heterocycles. The molecule has 0 aliphatic heterocycles. The number of alkyl halides is 1. The van der Waals surface area contributed by atoms with Gasteiger partial charge < -0.3 is 4.90 Å². The Hall–Kier alpha value is 0.250. The van der Waals surface area contributed by atoms with E-state index in [0.29, 0.717) is 6.04 Å². The van der Waals surface area contributed by atoms with E-state index in [1.54, 1.807) is 0 Å². The van der Waals surface area contributed by atoms with Gasteiger partial charge in [-0.05, 0) is 27.9 Å². The summed E-state index contributed by atoms with van der Waals surface area (Å²) in [5.74, 6) is 0. The molecular weight excluding hydrogens is 122 g/mol. The van der Waals surface area contributed by atoms with E-state index < -0.39 is 0 Å². The molecule has 2 heteroatoms. The van der Waals surface area contributed by atoms with Crippen LogP contribution in [0.3, 0.4) is 0 Å². The van der Waals surface area contributed by atoms with Crippen LogP contribution >= 0.6 is 11.6 Å². The first kappa shape index (κ1) is 8.25. The fourth-order valence-corrected chi connectivity index (χ4v) is 0.636. The first-order chi connectivity index (χ1) is 3.55. The summed E-state index contributed by atoms with van der Waals surface area (Å²) in [5.41, 5.74) is 0. The van der Waals surface area contributed by atoms with Crippen molar-refractivity contribution in [1.82, 2.24) is 4.90 Å². The Bertz CT molecular complexity index is 53.5. The summed E-state index contributed by atoms with van der Waals surface area (Å²) in [6, 6.07) is 0.469. The fourth-order valence-electron chi connectivity index (χ4n) is 0.411. The van der Waals surface area contributed by atoms with Crippen LogP contribution in [0, 0.1) is 0 Å². The zero-order valence-electron chi connectivity index (χ0n) is 5.98. The molecule has 0 radical (unpaired) electrons. The minimum atomic E-state index is 0.241. The number of hydrogen-bond donors (Lipinski definition) is 0. The lowest BCUT2D eigenvalue weighted by Gasteiger charge is -2.21. The van der Waals surface area contributed by atoms with Crippen LogP contribution in [-0.4, -0.2) is 30.4 Å². The molecule has 1 unspecified atom stereocenters. The quantitative estimate of drug-likeness (QED) is 0.520. The first-order valence-corrected chi connectivity index (χ1v) is 3.30. The average molecular weight is 136 g/mol. The van der Waals surface area contributed by atoms with Crippen LogP contribution in [0.2, 0.25) is 0 Å². The van der Waals surface area contributed by atoms with Gasteiger partial charge in [0.1, 0.15) is 0 Å². The summed E-state index contributed by atoms with van der Waals surface area (Å²) < 4.78 is 0. The van der Waals surface area contributed by atoms with Crippen molar-refractivity contribution in [2.45, 2.75) is 25.3 Å². The molecule has 1 nitrogen and oxygen atoms in total. The zero-order chi connectivity index (χ0) is 6.73. The molecule has 2 atom stereocenters. The maximum Gasteiger partial charge on any atom is 0.0460 e. The van der Waals surface area contributed by atoms with Crippen molar-refractivity contribution in [3.63, 3.8) is 0 Å². The van der Waals surface area contributed by atoms with Crippen molar-refractivity contribution in [3.05, 3.63) is 0 Å². The molecule has 50 valence electrons. The Morgan fingerprint density at radius 3 is 1.62 bits per heavy atom. The van der Waals surface area contributed by atoms with E-state index in [1.807, 2.05) is 21.0 Å². The third kappa shape index (κ3) is 2.53. The summed E-state index contributed by atoms with van der Waals surface area (Å²) in [6.07, 6.45) is 0. The van der Waals surface area contributed by atoms with E-state index in [-0.39, 0.29) is 5.38 Å². The number of hydrogen-bond acceptors (Lipinski definition) is 1. The SMILES string of the molecule is CC([C@@H](C)Cl)N(C)C. The second kappa shape index (κ2) is 3.31. The number of halogens is 1. The van der Waals surface area contributed by atoms with Crippen molar-refractivity contribution in [1.29, 1.82) is 0 Å². The lowest BCUT2D eigenvalue weighted by atomic mass is 10.2. The smallest absolute Gasteiger partial charge is 0.0460 e. The van der Waals surface area contributed by atoms with Gasteiger partial charge in [-0.2, -0.15) is 0 Å². The Labute approximate surface area is 56.6 Å². The van der Waals surface area contributed by atoms with Crippen LogP contribution in [0.4, 0.5) is 0 Å². The molecule has 8 heavy (non-hydrogen) atoms. The van der Waals surface area contributed by atoms with Gasteiger partial charge in [0.25, 0.3) is 0 Å². The number of nitrogens with zero attached hydrogens (tertiary/aromatic N) is 1. The highest BCUT2D eigenvalue weighted by atomic mass is 35.5. The zero-order valence-corrected chi connectivity index (χ0v) is 6.74. The maximum atomic E-state index is 5.78. The van der Waals surface area contributed by atoms with Gasteiger partial charge >= 0.3 is 0 Å². The molecule has 0 bridgehead atoms. The highest BCUT2D eigenvalue weighted by Gasteiger charge is 2.09. The van der Waals surface area contributed by atoms with Crippen molar-refractivity contribution in [2.75, 3.05) is 14.1 Å². The van der Waals surface area contributed by atoms with E-state index in [9.17, 15) is 0 Å². The van der Waals surface area contributed by atoms with Crippen molar-refractivity contribution >= 4 is 11.6 Å². The number of rotatable bonds is 2. The molecule has 0 rings (SSSR count). The van der Waals surface area contributed by atoms with Gasteiger partial charge in [-0.1, -0.05) is 0 Å². The van der Waals surface area contributed by atoms with Crippen LogP contribution in [-0.2, 0) is 0 Å². The van der Waals surface area contributed by atoms with Crippen LogP contribution in [0.15, 0.2) is 0 Å². The molecule has 0 fully saturated rings. The minimum Gasteiger partial charge on any atom is -0.305 e. The Kier molecular flexibility index (Phi) is 3.41. The van der Waals surface area contributed by atoms with Gasteiger partial charge in [-0.25, -0.2) is 0 Å². The molecular formula is C6H14ClN. The maximum absolute atomic E-state index is 5.78. The van der Waals surface area contributed by atoms with Crippen LogP contribution in [0.1, 0.15) is 13.8 Å². The fraction of sp³-hybridized carbons (Fsp3) is 1.00. The summed E-state index contributed by atoms with van der Waals surface area (Å²) in [5, 5.41) is 0.241. The monoisotopic (exact) mass is 135 g/mol. The van der Waals surface area contributed by atoms with Crippen LogP contribution < -0.4 is 0 Å². The summed E-state index contributed by atoms with van der Waals surface area (Å²) in [6.45, 7) is 4.11. The largest absolute Gasteiger partial charge is 0.305 e. The van der Waals surface area contributed by atoms with Crippen molar-refractivity contribution in [2.24, 2.45) is 0 Å². The third-order valence-corrected chi connectivity index (χ3v) is 1.84. The standard InChI is InChI=1S/C6H14ClN/c1-5(7)6(2)8(3)4/h5-6H,1-4H3/t5-,6?/m1/s1. The molecule has 0 aromatic heterocycles. The van der Waals surface area contributed by atoms with E-state index in [4.69, 9.17) is 11.6 Å². The highest BCUT2D eigenvalue weighted by Crippen LogP contribution is 2.04. The van der Waals surface area contributed by atoms with Gasteiger partial charge in [0.2, 0.25) is 0 Å². The molecule has 0 aliphatic rings. The van der Waals surface area contributed by atoms with Crippen molar-refractivity contribution < 1.29 is 0 Å². The Morgan fingerprint density at radius 1 is 1.25 bits per heavy atom. The second-order valence-corrected chi connectivity index (χ2v) is 3.07. The molecule has 0 saturated carbocycles. The second-order valence-electron chi connectivity index (χ2n) is 2.38. The van der Waals surface area contributed by atoms with E-state index in [2.05, 4.69) is 11.8 Å². The Balaban J connectivity index is 3.46. The average Bonchev–Trinajstić information content (AvgIpc) is 1.64. The molecule has 0 N–H and O–H groups in total. The van der Waals surface area contributed by atoms with Crippen LogP contribution in [0.5, 0.6) is 0 Å². The summed E-state index contributed by atoms with van der Waals surface area (Å²) in [4.78, 5) is 2.11. The lowest BCUT2D eigenvalue weighted by Crippen LogP contribution is -2.31. The van der Waals surface area contributed by atoms with Gasteiger partial charge in [0.15, 0.2) is 0 Å². The third-order valence-electron chi connectivity index (χ3n) is 1.48. The van der Waals surface area contributed by atoms with Gasteiger partial charge in [0, 0.05) is 11.4 Å². The lowest BCUT2D eigenvalue weighted by molar-refractivity contribution is 0.310. The molecule has 0 aromatic carbocycles. The molecule has 0 aromatic rings. The predicted molar refractivity (Wildman–Crippen MR) is 38.5 cm³/mol. The predicted octanol–water partition coefficient (Wildman–Crippen LogP) is 1.56. The minimum absolute atomic E-state index is 0.241. The normalized spacial score (nSPS) is 18.8.